The third kappa shape index (κ3) is 5.99. The number of para-hydroxylation sites is 1. The Morgan fingerprint density at radius 3 is 2.51 bits per heavy atom. The molecule has 0 saturated carbocycles. The number of aliphatic carboxylic acids is 1. The number of methoxy groups -OCH3 is 2. The molecule has 210 valence electrons. The van der Waals surface area contributed by atoms with Crippen LogP contribution in [0.25, 0.3) is 0 Å². The summed E-state index contributed by atoms with van der Waals surface area (Å²) in [7, 11) is 3.06. The summed E-state index contributed by atoms with van der Waals surface area (Å²) in [5, 5.41) is 10.1. The fourth-order valence-electron chi connectivity index (χ4n) is 5.30. The highest BCUT2D eigenvalue weighted by Crippen LogP contribution is 2.45. The van der Waals surface area contributed by atoms with Gasteiger partial charge in [-0.25, -0.2) is 4.79 Å². The molecule has 0 aliphatic carbocycles. The summed E-state index contributed by atoms with van der Waals surface area (Å²) in [5.41, 5.74) is 1.59. The number of benzene rings is 2. The molecule has 2 unspecified atom stereocenters. The number of carboxylic acid groups (broad SMARTS) is 1. The predicted octanol–water partition coefficient (Wildman–Crippen LogP) is 4.69. The number of ether oxygens (including phenoxy) is 3. The fraction of sp³-hybridized carbons (Fsp3) is 0.483. The average Bonchev–Trinajstić information content (AvgIpc) is 3.36. The molecule has 1 saturated heterocycles. The zero-order chi connectivity index (χ0) is 28.5. The lowest BCUT2D eigenvalue weighted by molar-refractivity contribution is -0.151. The highest BCUT2D eigenvalue weighted by atomic mass is 35.5. The second-order valence-corrected chi connectivity index (χ2v) is 11.5. The van der Waals surface area contributed by atoms with Crippen molar-refractivity contribution in [3.05, 3.63) is 52.5 Å². The van der Waals surface area contributed by atoms with Gasteiger partial charge in [0.1, 0.15) is 18.2 Å². The number of hydrogen-bond acceptors (Lipinski definition) is 6. The van der Waals surface area contributed by atoms with Crippen molar-refractivity contribution in [1.29, 1.82) is 0 Å². The molecule has 2 aliphatic rings. The first-order chi connectivity index (χ1) is 18.4. The van der Waals surface area contributed by atoms with E-state index in [-0.39, 0.29) is 17.7 Å². The Kier molecular flexibility index (Phi) is 8.42. The molecule has 2 aromatic rings. The second kappa shape index (κ2) is 11.4. The summed E-state index contributed by atoms with van der Waals surface area (Å²) in [4.78, 5) is 42.3. The molecular formula is C29H35ClN2O7. The standard InChI is InChI=1S/C29H35ClN2O7/c1-29(2,3)16-32-20-12-11-17(30)14-19(20)25(18-8-6-10-22(37-4)26(18)38-5)39-23(27(32)34)15-24(33)31-13-7-9-21(31)28(35)36/h6,8,10-12,14,21,23,25H,7,9,13,15-16H2,1-5H3,(H,35,36)/t21-,23?,25?/m0/s1. The van der Waals surface area contributed by atoms with Crippen LogP contribution in [0.1, 0.15) is 57.3 Å². The van der Waals surface area contributed by atoms with Crippen LogP contribution in [0, 0.1) is 5.41 Å². The molecule has 2 aromatic carbocycles. The van der Waals surface area contributed by atoms with Gasteiger partial charge in [-0.2, -0.15) is 0 Å². The van der Waals surface area contributed by atoms with Crippen molar-refractivity contribution in [2.45, 2.75) is 58.3 Å². The molecule has 1 N–H and O–H groups in total. The van der Waals surface area contributed by atoms with Crippen molar-refractivity contribution in [3.8, 4) is 11.5 Å². The highest BCUT2D eigenvalue weighted by molar-refractivity contribution is 6.30. The molecule has 3 atom stereocenters. The van der Waals surface area contributed by atoms with E-state index in [2.05, 4.69) is 0 Å². The van der Waals surface area contributed by atoms with Crippen molar-refractivity contribution < 1.29 is 33.7 Å². The number of hydrogen-bond donors (Lipinski definition) is 1. The number of amides is 2. The van der Waals surface area contributed by atoms with Crippen LogP contribution < -0.4 is 14.4 Å². The van der Waals surface area contributed by atoms with E-state index in [9.17, 15) is 19.5 Å². The maximum absolute atomic E-state index is 14.1. The van der Waals surface area contributed by atoms with Crippen molar-refractivity contribution in [2.75, 3.05) is 32.2 Å². The molecule has 10 heteroatoms. The Balaban J connectivity index is 1.84. The number of carbonyl (C=O) groups excluding carboxylic acids is 2. The number of likely N-dealkylation sites (tertiary alicyclic amines) is 1. The summed E-state index contributed by atoms with van der Waals surface area (Å²) in [6.07, 6.45) is -1.34. The predicted molar refractivity (Wildman–Crippen MR) is 147 cm³/mol. The largest absolute Gasteiger partial charge is 0.493 e. The van der Waals surface area contributed by atoms with Gasteiger partial charge in [0.25, 0.3) is 5.91 Å². The minimum absolute atomic E-state index is 0.280. The lowest BCUT2D eigenvalue weighted by atomic mass is 9.94. The molecular weight excluding hydrogens is 524 g/mol. The maximum atomic E-state index is 14.1. The highest BCUT2D eigenvalue weighted by Gasteiger charge is 2.42. The molecule has 4 rings (SSSR count). The van der Waals surface area contributed by atoms with Crippen LogP contribution in [0.15, 0.2) is 36.4 Å². The minimum Gasteiger partial charge on any atom is -0.493 e. The second-order valence-electron chi connectivity index (χ2n) is 11.1. The zero-order valence-corrected chi connectivity index (χ0v) is 23.7. The van der Waals surface area contributed by atoms with E-state index in [0.29, 0.717) is 59.3 Å². The molecule has 2 aliphatic heterocycles. The van der Waals surface area contributed by atoms with E-state index >= 15 is 0 Å². The van der Waals surface area contributed by atoms with Gasteiger partial charge in [-0.1, -0.05) is 44.5 Å². The Morgan fingerprint density at radius 1 is 1.13 bits per heavy atom. The monoisotopic (exact) mass is 558 g/mol. The van der Waals surface area contributed by atoms with E-state index in [4.69, 9.17) is 25.8 Å². The summed E-state index contributed by atoms with van der Waals surface area (Å²) in [6.45, 7) is 6.74. The first-order valence-electron chi connectivity index (χ1n) is 12.9. The van der Waals surface area contributed by atoms with Gasteiger partial charge in [-0.05, 0) is 42.5 Å². The van der Waals surface area contributed by atoms with Crippen LogP contribution in [0.4, 0.5) is 5.69 Å². The van der Waals surface area contributed by atoms with Gasteiger partial charge in [0.05, 0.1) is 20.6 Å². The van der Waals surface area contributed by atoms with Gasteiger partial charge in [0.15, 0.2) is 11.5 Å². The molecule has 0 radical (unpaired) electrons. The molecule has 0 spiro atoms. The van der Waals surface area contributed by atoms with Crippen LogP contribution in [-0.4, -0.2) is 67.2 Å². The van der Waals surface area contributed by atoms with Crippen LogP contribution in [0.2, 0.25) is 5.02 Å². The number of nitrogens with zero attached hydrogens (tertiary/aromatic N) is 2. The van der Waals surface area contributed by atoms with Gasteiger partial charge in [-0.3, -0.25) is 9.59 Å². The molecule has 2 amide bonds. The first-order valence-corrected chi connectivity index (χ1v) is 13.3. The Labute approximate surface area is 233 Å². The number of halogens is 1. The minimum atomic E-state index is -1.18. The van der Waals surface area contributed by atoms with Gasteiger partial charge < -0.3 is 29.1 Å². The van der Waals surface area contributed by atoms with Crippen molar-refractivity contribution >= 4 is 35.1 Å². The van der Waals surface area contributed by atoms with Crippen LogP contribution in [-0.2, 0) is 19.1 Å². The van der Waals surface area contributed by atoms with E-state index in [1.807, 2.05) is 26.8 Å². The normalized spacial score (nSPS) is 21.4. The summed E-state index contributed by atoms with van der Waals surface area (Å²) in [5.74, 6) is -0.947. The molecule has 0 bridgehead atoms. The fourth-order valence-corrected chi connectivity index (χ4v) is 5.48. The topological polar surface area (TPSA) is 106 Å². The first kappa shape index (κ1) is 28.7. The molecule has 1 fully saturated rings. The smallest absolute Gasteiger partial charge is 0.326 e. The summed E-state index contributed by atoms with van der Waals surface area (Å²) >= 11 is 6.45. The summed E-state index contributed by atoms with van der Waals surface area (Å²) < 4.78 is 17.7. The molecule has 9 nitrogen and oxygen atoms in total. The number of anilines is 1. The SMILES string of the molecule is COc1cccc(C2OC(CC(=O)N3CCC[C@H]3C(=O)O)C(=O)N(CC(C)(C)C)c3ccc(Cl)cc32)c1OC. The van der Waals surface area contributed by atoms with Gasteiger partial charge in [0, 0.05) is 34.9 Å². The number of fused-ring (bicyclic) bond motifs is 1. The lowest BCUT2D eigenvalue weighted by Crippen LogP contribution is -2.47. The number of carboxylic acids is 1. The van der Waals surface area contributed by atoms with Crippen LogP contribution >= 0.6 is 11.6 Å². The Bertz CT molecular complexity index is 1260. The zero-order valence-electron chi connectivity index (χ0n) is 22.9. The number of carbonyl (C=O) groups is 3. The van der Waals surface area contributed by atoms with Gasteiger partial charge in [-0.15, -0.1) is 0 Å². The Hall–Kier alpha value is -3.30. The third-order valence-corrected chi connectivity index (χ3v) is 7.21. The quantitative estimate of drug-likeness (QED) is 0.525. The van der Waals surface area contributed by atoms with Gasteiger partial charge in [0.2, 0.25) is 5.91 Å². The van der Waals surface area contributed by atoms with E-state index in [1.54, 1.807) is 35.2 Å². The number of rotatable bonds is 7. The van der Waals surface area contributed by atoms with E-state index in [0.717, 1.165) is 0 Å². The Morgan fingerprint density at radius 2 is 1.87 bits per heavy atom. The molecule has 2 heterocycles. The third-order valence-electron chi connectivity index (χ3n) is 6.97. The maximum Gasteiger partial charge on any atom is 0.326 e. The van der Waals surface area contributed by atoms with Crippen molar-refractivity contribution in [3.63, 3.8) is 0 Å². The van der Waals surface area contributed by atoms with Crippen LogP contribution in [0.3, 0.4) is 0 Å². The molecule has 39 heavy (non-hydrogen) atoms. The van der Waals surface area contributed by atoms with E-state index in [1.165, 1.54) is 19.1 Å². The van der Waals surface area contributed by atoms with E-state index < -0.39 is 30.1 Å². The van der Waals surface area contributed by atoms with Crippen LogP contribution in [0.5, 0.6) is 11.5 Å². The lowest BCUT2D eigenvalue weighted by Gasteiger charge is -2.32. The van der Waals surface area contributed by atoms with Crippen molar-refractivity contribution in [2.24, 2.45) is 5.41 Å². The van der Waals surface area contributed by atoms with Gasteiger partial charge >= 0.3 is 5.97 Å². The average molecular weight is 559 g/mol. The molecule has 0 aromatic heterocycles. The van der Waals surface area contributed by atoms with Crippen molar-refractivity contribution in [1.82, 2.24) is 4.90 Å². The summed E-state index contributed by atoms with van der Waals surface area (Å²) in [6, 6.07) is 9.73.